The van der Waals surface area contributed by atoms with E-state index in [2.05, 4.69) is 63.5 Å². The highest BCUT2D eigenvalue weighted by atomic mass is 16.2. The van der Waals surface area contributed by atoms with Gasteiger partial charge in [-0.3, -0.25) is 4.79 Å². The lowest BCUT2D eigenvalue weighted by Gasteiger charge is -2.20. The Morgan fingerprint density at radius 3 is 2.47 bits per heavy atom. The normalized spacial score (nSPS) is 16.8. The van der Waals surface area contributed by atoms with E-state index in [1.165, 1.54) is 27.8 Å². The average Bonchev–Trinajstić information content (AvgIpc) is 3.28. The summed E-state index contributed by atoms with van der Waals surface area (Å²) in [5, 5.41) is 0. The van der Waals surface area contributed by atoms with E-state index in [4.69, 9.17) is 4.98 Å². The van der Waals surface area contributed by atoms with Gasteiger partial charge in [0.05, 0.1) is 11.0 Å². The van der Waals surface area contributed by atoms with Crippen molar-refractivity contribution < 1.29 is 4.79 Å². The van der Waals surface area contributed by atoms with Gasteiger partial charge in [0.2, 0.25) is 5.91 Å². The number of rotatable bonds is 6. The van der Waals surface area contributed by atoms with E-state index in [-0.39, 0.29) is 11.8 Å². The van der Waals surface area contributed by atoms with Gasteiger partial charge in [-0.05, 0) is 74.1 Å². The largest absolute Gasteiger partial charge is 0.342 e. The highest BCUT2D eigenvalue weighted by molar-refractivity contribution is 5.81. The summed E-state index contributed by atoms with van der Waals surface area (Å²) in [5.41, 5.74) is 8.94. The number of likely N-dealkylation sites (tertiary alicyclic amines) is 1. The first-order valence-corrected chi connectivity index (χ1v) is 11.2. The van der Waals surface area contributed by atoms with Crippen LogP contribution in [0.25, 0.3) is 11.0 Å². The number of nitrogens with zero attached hydrogens (tertiary/aromatic N) is 3. The standard InChI is InChI=1S/C26H33N3O/c1-6-7-12-28-15-21(14-25(28)30)26-27-23-10-8-9-11-24(23)29(26)16-22-19(4)17(2)13-18(3)20(22)5/h8-11,13,21H,6-7,12,14-16H2,1-5H3/t21-/m0/s1. The molecule has 0 aliphatic carbocycles. The molecular formula is C26H33N3O. The Hall–Kier alpha value is -2.62. The number of carbonyl (C=O) groups excluding carboxylic acids is 1. The van der Waals surface area contributed by atoms with Gasteiger partial charge in [-0.15, -0.1) is 0 Å². The average molecular weight is 404 g/mol. The van der Waals surface area contributed by atoms with E-state index in [9.17, 15) is 4.79 Å². The van der Waals surface area contributed by atoms with Gasteiger partial charge in [-0.2, -0.15) is 0 Å². The van der Waals surface area contributed by atoms with Gasteiger partial charge in [-0.25, -0.2) is 4.98 Å². The molecule has 4 heteroatoms. The Kier molecular flexibility index (Phi) is 5.68. The summed E-state index contributed by atoms with van der Waals surface area (Å²) in [4.78, 5) is 19.7. The molecule has 0 radical (unpaired) electrons. The SMILES string of the molecule is CCCCN1C[C@@H](c2nc3ccccc3n2Cc2c(C)c(C)cc(C)c2C)CC1=O. The zero-order valence-electron chi connectivity index (χ0n) is 19.0. The lowest BCUT2D eigenvalue weighted by Crippen LogP contribution is -2.26. The van der Waals surface area contributed by atoms with Gasteiger partial charge in [0.25, 0.3) is 0 Å². The van der Waals surface area contributed by atoms with Gasteiger partial charge >= 0.3 is 0 Å². The molecule has 4 rings (SSSR count). The smallest absolute Gasteiger partial charge is 0.223 e. The number of hydrogen-bond donors (Lipinski definition) is 0. The van der Waals surface area contributed by atoms with Crippen molar-refractivity contribution in [2.75, 3.05) is 13.1 Å². The quantitative estimate of drug-likeness (QED) is 0.550. The number of hydrogen-bond acceptors (Lipinski definition) is 2. The van der Waals surface area contributed by atoms with E-state index in [0.29, 0.717) is 6.42 Å². The zero-order valence-corrected chi connectivity index (χ0v) is 19.0. The van der Waals surface area contributed by atoms with Crippen LogP contribution in [0.5, 0.6) is 0 Å². The third kappa shape index (κ3) is 3.64. The van der Waals surface area contributed by atoms with Crippen molar-refractivity contribution in [3.8, 4) is 0 Å². The zero-order chi connectivity index (χ0) is 21.4. The Bertz CT molecular complexity index is 1070. The number of carbonyl (C=O) groups is 1. The fraction of sp³-hybridized carbons (Fsp3) is 0.462. The number of imidazole rings is 1. The Morgan fingerprint density at radius 1 is 1.07 bits per heavy atom. The van der Waals surface area contributed by atoms with Crippen molar-refractivity contribution >= 4 is 16.9 Å². The topological polar surface area (TPSA) is 38.1 Å². The van der Waals surface area contributed by atoms with E-state index in [0.717, 1.165) is 49.3 Å². The Morgan fingerprint density at radius 2 is 1.77 bits per heavy atom. The van der Waals surface area contributed by atoms with E-state index < -0.39 is 0 Å². The molecule has 1 aliphatic rings. The molecule has 1 aliphatic heterocycles. The second kappa shape index (κ2) is 8.25. The number of aromatic nitrogens is 2. The van der Waals surface area contributed by atoms with Crippen LogP contribution in [0.1, 0.15) is 65.7 Å². The van der Waals surface area contributed by atoms with Crippen LogP contribution in [0, 0.1) is 27.7 Å². The number of amides is 1. The minimum absolute atomic E-state index is 0.160. The summed E-state index contributed by atoms with van der Waals surface area (Å²) >= 11 is 0. The molecule has 2 heterocycles. The second-order valence-corrected chi connectivity index (χ2v) is 8.88. The van der Waals surface area contributed by atoms with E-state index in [1.807, 2.05) is 11.0 Å². The summed E-state index contributed by atoms with van der Waals surface area (Å²) in [6.07, 6.45) is 2.74. The van der Waals surface area contributed by atoms with Crippen LogP contribution in [0.2, 0.25) is 0 Å². The summed E-state index contributed by atoms with van der Waals surface area (Å²) < 4.78 is 2.37. The first-order valence-electron chi connectivity index (χ1n) is 11.2. The molecule has 1 saturated heterocycles. The van der Waals surface area contributed by atoms with Crippen LogP contribution in [0.4, 0.5) is 0 Å². The maximum absolute atomic E-state index is 12.6. The van der Waals surface area contributed by atoms with Crippen molar-refractivity contribution in [3.63, 3.8) is 0 Å². The molecule has 0 bridgehead atoms. The molecule has 1 amide bonds. The Balaban J connectivity index is 1.77. The highest BCUT2D eigenvalue weighted by Crippen LogP contribution is 2.32. The van der Waals surface area contributed by atoms with Crippen LogP contribution in [-0.4, -0.2) is 33.4 Å². The molecule has 0 spiro atoms. The van der Waals surface area contributed by atoms with Gasteiger partial charge < -0.3 is 9.47 Å². The lowest BCUT2D eigenvalue weighted by molar-refractivity contribution is -0.127. The fourth-order valence-corrected chi connectivity index (χ4v) is 4.78. The Labute approximate surface area is 179 Å². The fourth-order valence-electron chi connectivity index (χ4n) is 4.78. The van der Waals surface area contributed by atoms with Crippen LogP contribution in [-0.2, 0) is 11.3 Å². The van der Waals surface area contributed by atoms with E-state index in [1.54, 1.807) is 0 Å². The summed E-state index contributed by atoms with van der Waals surface area (Å²) in [5.74, 6) is 1.49. The molecule has 0 saturated carbocycles. The minimum Gasteiger partial charge on any atom is -0.342 e. The second-order valence-electron chi connectivity index (χ2n) is 8.88. The molecule has 0 unspecified atom stereocenters. The van der Waals surface area contributed by atoms with Crippen LogP contribution < -0.4 is 0 Å². The number of benzene rings is 2. The number of fused-ring (bicyclic) bond motifs is 1. The molecule has 1 fully saturated rings. The predicted molar refractivity (Wildman–Crippen MR) is 123 cm³/mol. The molecule has 3 aromatic rings. The van der Waals surface area contributed by atoms with Crippen molar-refractivity contribution in [2.24, 2.45) is 0 Å². The predicted octanol–water partition coefficient (Wildman–Crippen LogP) is 5.43. The molecule has 4 nitrogen and oxygen atoms in total. The maximum atomic E-state index is 12.6. The molecule has 1 aromatic heterocycles. The third-order valence-electron chi connectivity index (χ3n) is 6.88. The first-order chi connectivity index (χ1) is 14.4. The molecular weight excluding hydrogens is 370 g/mol. The van der Waals surface area contributed by atoms with Crippen LogP contribution in [0.3, 0.4) is 0 Å². The molecule has 158 valence electrons. The van der Waals surface area contributed by atoms with Gasteiger partial charge in [-0.1, -0.05) is 31.5 Å². The highest BCUT2D eigenvalue weighted by Gasteiger charge is 2.33. The molecule has 0 N–H and O–H groups in total. The molecule has 1 atom stereocenters. The third-order valence-corrected chi connectivity index (χ3v) is 6.88. The number of para-hydroxylation sites is 2. The summed E-state index contributed by atoms with van der Waals surface area (Å²) in [6, 6.07) is 10.7. The number of aryl methyl sites for hydroxylation is 2. The van der Waals surface area contributed by atoms with Gasteiger partial charge in [0.15, 0.2) is 0 Å². The molecule has 2 aromatic carbocycles. The van der Waals surface area contributed by atoms with Crippen molar-refractivity contribution in [3.05, 3.63) is 64.0 Å². The van der Waals surface area contributed by atoms with Crippen molar-refractivity contribution in [1.82, 2.24) is 14.5 Å². The van der Waals surface area contributed by atoms with Crippen LogP contribution >= 0.6 is 0 Å². The van der Waals surface area contributed by atoms with Gasteiger partial charge in [0.1, 0.15) is 5.82 Å². The maximum Gasteiger partial charge on any atom is 0.223 e. The van der Waals surface area contributed by atoms with Crippen LogP contribution in [0.15, 0.2) is 30.3 Å². The molecule has 30 heavy (non-hydrogen) atoms. The number of unbranched alkanes of at least 4 members (excludes halogenated alkanes) is 1. The summed E-state index contributed by atoms with van der Waals surface area (Å²) in [7, 11) is 0. The minimum atomic E-state index is 0.160. The van der Waals surface area contributed by atoms with E-state index >= 15 is 0 Å². The first kappa shape index (κ1) is 20.6. The van der Waals surface area contributed by atoms with Gasteiger partial charge in [0, 0.05) is 32.0 Å². The monoisotopic (exact) mass is 403 g/mol. The summed E-state index contributed by atoms with van der Waals surface area (Å²) in [6.45, 7) is 13.5. The lowest BCUT2D eigenvalue weighted by atomic mass is 9.94. The van der Waals surface area contributed by atoms with Crippen molar-refractivity contribution in [2.45, 2.75) is 66.3 Å². The van der Waals surface area contributed by atoms with Crippen molar-refractivity contribution in [1.29, 1.82) is 0 Å².